The van der Waals surface area contributed by atoms with Crippen LogP contribution in [-0.4, -0.2) is 22.4 Å². The van der Waals surface area contributed by atoms with Crippen molar-refractivity contribution >= 4 is 15.9 Å². The van der Waals surface area contributed by atoms with Crippen LogP contribution in [0.2, 0.25) is 0 Å². The van der Waals surface area contributed by atoms with Gasteiger partial charge in [0.15, 0.2) is 0 Å². The summed E-state index contributed by atoms with van der Waals surface area (Å²) >= 11 is 3.64. The summed E-state index contributed by atoms with van der Waals surface area (Å²) < 4.78 is 3.13. The molecule has 1 N–H and O–H groups in total. The van der Waals surface area contributed by atoms with Gasteiger partial charge in [0, 0.05) is 19.5 Å². The van der Waals surface area contributed by atoms with E-state index in [0.717, 1.165) is 23.1 Å². The van der Waals surface area contributed by atoms with Gasteiger partial charge >= 0.3 is 0 Å². The van der Waals surface area contributed by atoms with E-state index in [4.69, 9.17) is 0 Å². The highest BCUT2D eigenvalue weighted by molar-refractivity contribution is 9.10. The van der Waals surface area contributed by atoms with E-state index in [-0.39, 0.29) is 5.41 Å². The molecule has 0 fully saturated rings. The molecule has 1 heterocycles. The molecule has 17 heavy (non-hydrogen) atoms. The summed E-state index contributed by atoms with van der Waals surface area (Å²) in [6, 6.07) is 0.457. The zero-order chi connectivity index (χ0) is 13.2. The van der Waals surface area contributed by atoms with Gasteiger partial charge in [-0.2, -0.15) is 5.10 Å². The molecule has 0 aliphatic carbocycles. The molecule has 0 saturated carbocycles. The third-order valence-corrected chi connectivity index (χ3v) is 4.19. The Hall–Kier alpha value is -0.350. The number of aromatic nitrogens is 2. The summed E-state index contributed by atoms with van der Waals surface area (Å²) in [7, 11) is 2.01. The van der Waals surface area contributed by atoms with Crippen LogP contribution in [0.4, 0.5) is 0 Å². The topological polar surface area (TPSA) is 29.9 Å². The summed E-state index contributed by atoms with van der Waals surface area (Å²) in [5.74, 6) is 0. The fraction of sp³-hybridized carbons (Fsp3) is 0.769. The van der Waals surface area contributed by atoms with Crippen molar-refractivity contribution < 1.29 is 0 Å². The SMILES string of the molecule is CCNC(Cc1c(Br)c(C)nn1C)C(C)(C)C. The van der Waals surface area contributed by atoms with Gasteiger partial charge in [0.1, 0.15) is 0 Å². The van der Waals surface area contributed by atoms with Gasteiger partial charge in [0.25, 0.3) is 0 Å². The Morgan fingerprint density at radius 3 is 2.35 bits per heavy atom. The molecule has 0 aromatic carbocycles. The summed E-state index contributed by atoms with van der Waals surface area (Å²) in [5.41, 5.74) is 2.57. The van der Waals surface area contributed by atoms with Gasteiger partial charge < -0.3 is 5.32 Å². The van der Waals surface area contributed by atoms with Crippen molar-refractivity contribution in [3.63, 3.8) is 0 Å². The minimum atomic E-state index is 0.244. The van der Waals surface area contributed by atoms with E-state index in [1.54, 1.807) is 0 Å². The number of nitrogens with zero attached hydrogens (tertiary/aromatic N) is 2. The van der Waals surface area contributed by atoms with Crippen LogP contribution < -0.4 is 5.32 Å². The van der Waals surface area contributed by atoms with Gasteiger partial charge in [0.2, 0.25) is 0 Å². The van der Waals surface area contributed by atoms with Gasteiger partial charge in [-0.25, -0.2) is 0 Å². The Kier molecular flexibility index (Phi) is 4.78. The number of likely N-dealkylation sites (N-methyl/N-ethyl adjacent to an activating group) is 1. The maximum atomic E-state index is 4.45. The van der Waals surface area contributed by atoms with E-state index in [1.807, 2.05) is 18.7 Å². The molecular formula is C13H24BrN3. The number of rotatable bonds is 4. The molecule has 0 bridgehead atoms. The zero-order valence-corrected chi connectivity index (χ0v) is 13.3. The Labute approximate surface area is 113 Å². The average molecular weight is 302 g/mol. The molecular weight excluding hydrogens is 278 g/mol. The van der Waals surface area contributed by atoms with Crippen LogP contribution in [0.5, 0.6) is 0 Å². The number of aryl methyl sites for hydroxylation is 2. The largest absolute Gasteiger partial charge is 0.313 e. The maximum Gasteiger partial charge on any atom is 0.0738 e. The van der Waals surface area contributed by atoms with Crippen molar-refractivity contribution in [2.75, 3.05) is 6.54 Å². The molecule has 1 aromatic rings. The lowest BCUT2D eigenvalue weighted by atomic mass is 9.84. The number of nitrogens with one attached hydrogen (secondary N) is 1. The molecule has 0 saturated heterocycles. The van der Waals surface area contributed by atoms with E-state index in [2.05, 4.69) is 54.0 Å². The van der Waals surface area contributed by atoms with Crippen LogP contribution in [0, 0.1) is 12.3 Å². The van der Waals surface area contributed by atoms with Gasteiger partial charge in [-0.05, 0) is 34.8 Å². The first-order valence-corrected chi connectivity index (χ1v) is 6.98. The van der Waals surface area contributed by atoms with Gasteiger partial charge in [-0.1, -0.05) is 27.7 Å². The van der Waals surface area contributed by atoms with Crippen molar-refractivity contribution in [3.8, 4) is 0 Å². The lowest BCUT2D eigenvalue weighted by Gasteiger charge is -2.31. The Morgan fingerprint density at radius 2 is 2.00 bits per heavy atom. The monoisotopic (exact) mass is 301 g/mol. The third-order valence-electron chi connectivity index (χ3n) is 3.16. The van der Waals surface area contributed by atoms with E-state index >= 15 is 0 Å². The molecule has 1 rings (SSSR count). The van der Waals surface area contributed by atoms with Crippen molar-refractivity contribution in [2.24, 2.45) is 12.5 Å². The molecule has 98 valence electrons. The predicted molar refractivity (Wildman–Crippen MR) is 76.3 cm³/mol. The minimum Gasteiger partial charge on any atom is -0.313 e. The fourth-order valence-corrected chi connectivity index (χ4v) is 2.52. The average Bonchev–Trinajstić information content (AvgIpc) is 2.42. The van der Waals surface area contributed by atoms with Crippen LogP contribution in [0.25, 0.3) is 0 Å². The van der Waals surface area contributed by atoms with Crippen LogP contribution >= 0.6 is 15.9 Å². The van der Waals surface area contributed by atoms with Crippen molar-refractivity contribution in [1.29, 1.82) is 0 Å². The fourth-order valence-electron chi connectivity index (χ4n) is 2.03. The molecule has 1 atom stereocenters. The molecule has 1 aromatic heterocycles. The lowest BCUT2D eigenvalue weighted by molar-refractivity contribution is 0.266. The molecule has 3 nitrogen and oxygen atoms in total. The maximum absolute atomic E-state index is 4.45. The molecule has 0 amide bonds. The van der Waals surface area contributed by atoms with Crippen molar-refractivity contribution in [2.45, 2.75) is 47.1 Å². The molecule has 0 aliphatic rings. The molecule has 4 heteroatoms. The van der Waals surface area contributed by atoms with Crippen LogP contribution in [0.3, 0.4) is 0 Å². The van der Waals surface area contributed by atoms with Crippen molar-refractivity contribution in [1.82, 2.24) is 15.1 Å². The molecule has 0 aliphatic heterocycles. The first-order valence-electron chi connectivity index (χ1n) is 6.18. The Morgan fingerprint density at radius 1 is 1.41 bits per heavy atom. The van der Waals surface area contributed by atoms with E-state index in [0.29, 0.717) is 6.04 Å². The van der Waals surface area contributed by atoms with E-state index < -0.39 is 0 Å². The van der Waals surface area contributed by atoms with Gasteiger partial charge in [0.05, 0.1) is 15.9 Å². The second-order valence-corrected chi connectivity index (χ2v) is 6.44. The lowest BCUT2D eigenvalue weighted by Crippen LogP contribution is -2.42. The van der Waals surface area contributed by atoms with Crippen LogP contribution in [-0.2, 0) is 13.5 Å². The first kappa shape index (κ1) is 14.7. The second-order valence-electron chi connectivity index (χ2n) is 5.65. The van der Waals surface area contributed by atoms with Crippen LogP contribution in [0.15, 0.2) is 4.47 Å². The highest BCUT2D eigenvalue weighted by Gasteiger charge is 2.26. The summed E-state index contributed by atoms with van der Waals surface area (Å²) in [6.45, 7) is 12.0. The first-order chi connectivity index (χ1) is 7.77. The smallest absolute Gasteiger partial charge is 0.0738 e. The molecule has 0 spiro atoms. The van der Waals surface area contributed by atoms with E-state index in [9.17, 15) is 0 Å². The second kappa shape index (κ2) is 5.53. The molecule has 0 radical (unpaired) electrons. The number of hydrogen-bond donors (Lipinski definition) is 1. The summed E-state index contributed by atoms with van der Waals surface area (Å²) in [4.78, 5) is 0. The van der Waals surface area contributed by atoms with E-state index in [1.165, 1.54) is 5.69 Å². The minimum absolute atomic E-state index is 0.244. The normalized spacial score (nSPS) is 14.1. The standard InChI is InChI=1S/C13H24BrN3/c1-7-15-11(13(3,4)5)8-10-12(14)9(2)16-17(10)6/h11,15H,7-8H2,1-6H3. The van der Waals surface area contributed by atoms with Gasteiger partial charge in [-0.15, -0.1) is 0 Å². The predicted octanol–water partition coefficient (Wildman–Crippen LogP) is 3.06. The Balaban J connectivity index is 2.94. The zero-order valence-electron chi connectivity index (χ0n) is 11.8. The quantitative estimate of drug-likeness (QED) is 0.926. The highest BCUT2D eigenvalue weighted by Crippen LogP contribution is 2.27. The summed E-state index contributed by atoms with van der Waals surface area (Å²) in [6.07, 6.45) is 0.995. The number of halogens is 1. The highest BCUT2D eigenvalue weighted by atomic mass is 79.9. The molecule has 1 unspecified atom stereocenters. The van der Waals surface area contributed by atoms with Crippen molar-refractivity contribution in [3.05, 3.63) is 15.9 Å². The van der Waals surface area contributed by atoms with Crippen LogP contribution in [0.1, 0.15) is 39.1 Å². The number of hydrogen-bond acceptors (Lipinski definition) is 2. The third kappa shape index (κ3) is 3.55. The summed E-state index contributed by atoms with van der Waals surface area (Å²) in [5, 5.41) is 8.02. The Bertz CT molecular complexity index is 377. The van der Waals surface area contributed by atoms with Gasteiger partial charge in [-0.3, -0.25) is 4.68 Å².